The zero-order chi connectivity index (χ0) is 27.8. The number of hydrogen-bond acceptors (Lipinski definition) is 7. The van der Waals surface area contributed by atoms with Crippen LogP contribution >= 0.6 is 0 Å². The maximum Gasteiger partial charge on any atom is 0.407 e. The van der Waals surface area contributed by atoms with Crippen LogP contribution in [-0.4, -0.2) is 54.4 Å². The van der Waals surface area contributed by atoms with Gasteiger partial charge in [0, 0.05) is 25.2 Å². The first-order valence-corrected chi connectivity index (χ1v) is 13.1. The lowest BCUT2D eigenvalue weighted by molar-refractivity contribution is -0.160. The molecule has 0 aliphatic carbocycles. The molecule has 1 fully saturated rings. The summed E-state index contributed by atoms with van der Waals surface area (Å²) in [6, 6.07) is 7.72. The SMILES string of the molecule is C[C@@H](OCc1ccc(N2CCC(C(=O)OC(C)(C)C)CC2)cc1)[C@H](CCC(N)=O)NC(=O)OC(C)(C)C. The van der Waals surface area contributed by atoms with Gasteiger partial charge >= 0.3 is 12.1 Å². The second kappa shape index (κ2) is 13.1. The van der Waals surface area contributed by atoms with Crippen molar-refractivity contribution in [1.29, 1.82) is 0 Å². The van der Waals surface area contributed by atoms with E-state index in [1.165, 1.54) is 0 Å². The van der Waals surface area contributed by atoms with Crippen LogP contribution in [0.4, 0.5) is 10.5 Å². The van der Waals surface area contributed by atoms with E-state index < -0.39 is 29.2 Å². The molecule has 1 saturated heterocycles. The summed E-state index contributed by atoms with van der Waals surface area (Å²) in [6.45, 7) is 14.9. The summed E-state index contributed by atoms with van der Waals surface area (Å²) < 4.78 is 16.9. The number of piperidine rings is 1. The highest BCUT2D eigenvalue weighted by molar-refractivity contribution is 5.74. The Morgan fingerprint density at radius 1 is 1.00 bits per heavy atom. The molecule has 0 aromatic heterocycles. The van der Waals surface area contributed by atoms with Crippen LogP contribution < -0.4 is 16.0 Å². The number of nitrogens with one attached hydrogen (secondary N) is 1. The van der Waals surface area contributed by atoms with E-state index in [2.05, 4.69) is 22.3 Å². The van der Waals surface area contributed by atoms with Crippen LogP contribution in [0.2, 0.25) is 0 Å². The molecule has 9 heteroatoms. The number of nitrogens with two attached hydrogens (primary N) is 1. The Labute approximate surface area is 221 Å². The van der Waals surface area contributed by atoms with Gasteiger partial charge in [0.05, 0.1) is 24.7 Å². The van der Waals surface area contributed by atoms with E-state index >= 15 is 0 Å². The van der Waals surface area contributed by atoms with Crippen LogP contribution in [0, 0.1) is 5.92 Å². The monoisotopic (exact) mass is 519 g/mol. The number of esters is 1. The van der Waals surface area contributed by atoms with Gasteiger partial charge in [-0.2, -0.15) is 0 Å². The molecule has 1 aliphatic rings. The van der Waals surface area contributed by atoms with Crippen molar-refractivity contribution in [2.24, 2.45) is 11.7 Å². The fourth-order valence-electron chi connectivity index (χ4n) is 4.09. The molecule has 1 aromatic rings. The Hall–Kier alpha value is -2.81. The van der Waals surface area contributed by atoms with Gasteiger partial charge in [-0.3, -0.25) is 9.59 Å². The van der Waals surface area contributed by atoms with Crippen LogP contribution in [0.3, 0.4) is 0 Å². The first kappa shape index (κ1) is 30.4. The van der Waals surface area contributed by atoms with Gasteiger partial charge in [0.15, 0.2) is 0 Å². The number of ether oxygens (including phenoxy) is 3. The number of carbonyl (C=O) groups is 3. The van der Waals surface area contributed by atoms with E-state index in [1.54, 1.807) is 20.8 Å². The third-order valence-electron chi connectivity index (χ3n) is 6.02. The number of rotatable bonds is 10. The lowest BCUT2D eigenvalue weighted by Crippen LogP contribution is -2.45. The first-order chi connectivity index (χ1) is 17.1. The molecule has 2 atom stereocenters. The third-order valence-corrected chi connectivity index (χ3v) is 6.02. The molecule has 9 nitrogen and oxygen atoms in total. The molecule has 2 amide bonds. The number of amides is 2. The Bertz CT molecular complexity index is 896. The minimum absolute atomic E-state index is 0.0542. The molecule has 1 aliphatic heterocycles. The molecule has 3 N–H and O–H groups in total. The Kier molecular flexibility index (Phi) is 10.8. The molecule has 208 valence electrons. The highest BCUT2D eigenvalue weighted by Gasteiger charge is 2.29. The summed E-state index contributed by atoms with van der Waals surface area (Å²) in [6.07, 6.45) is 1.11. The summed E-state index contributed by atoms with van der Waals surface area (Å²) in [5.74, 6) is -0.598. The van der Waals surface area contributed by atoms with E-state index in [4.69, 9.17) is 19.9 Å². The number of alkyl carbamates (subject to hydrolysis) is 1. The fourth-order valence-corrected chi connectivity index (χ4v) is 4.09. The number of benzene rings is 1. The van der Waals surface area contributed by atoms with Crippen molar-refractivity contribution in [2.45, 2.75) is 104 Å². The minimum Gasteiger partial charge on any atom is -0.460 e. The first-order valence-electron chi connectivity index (χ1n) is 13.1. The Balaban J connectivity index is 1.88. The Morgan fingerprint density at radius 3 is 2.08 bits per heavy atom. The van der Waals surface area contributed by atoms with Crippen LogP contribution in [0.1, 0.15) is 79.7 Å². The van der Waals surface area contributed by atoms with Gasteiger partial charge < -0.3 is 30.2 Å². The van der Waals surface area contributed by atoms with Crippen molar-refractivity contribution < 1.29 is 28.6 Å². The predicted molar refractivity (Wildman–Crippen MR) is 143 cm³/mol. The van der Waals surface area contributed by atoms with Crippen molar-refractivity contribution in [3.05, 3.63) is 29.8 Å². The summed E-state index contributed by atoms with van der Waals surface area (Å²) >= 11 is 0. The van der Waals surface area contributed by atoms with Gasteiger partial charge in [-0.05, 0) is 85.4 Å². The van der Waals surface area contributed by atoms with Crippen molar-refractivity contribution in [2.75, 3.05) is 18.0 Å². The third kappa shape index (κ3) is 11.4. The molecular weight excluding hydrogens is 474 g/mol. The molecule has 1 heterocycles. The lowest BCUT2D eigenvalue weighted by atomic mass is 9.96. The van der Waals surface area contributed by atoms with Crippen molar-refractivity contribution in [3.8, 4) is 0 Å². The van der Waals surface area contributed by atoms with Crippen LogP contribution in [0.25, 0.3) is 0 Å². The van der Waals surface area contributed by atoms with E-state index in [0.717, 1.165) is 37.2 Å². The second-order valence-corrected chi connectivity index (χ2v) is 11.7. The van der Waals surface area contributed by atoms with E-state index in [0.29, 0.717) is 13.0 Å². The number of anilines is 1. The van der Waals surface area contributed by atoms with Crippen LogP contribution in [0.5, 0.6) is 0 Å². The molecule has 0 spiro atoms. The number of nitrogens with zero attached hydrogens (tertiary/aromatic N) is 1. The summed E-state index contributed by atoms with van der Waals surface area (Å²) in [7, 11) is 0. The van der Waals surface area contributed by atoms with Gasteiger partial charge in [0.1, 0.15) is 11.2 Å². The van der Waals surface area contributed by atoms with E-state index in [9.17, 15) is 14.4 Å². The lowest BCUT2D eigenvalue weighted by Gasteiger charge is -2.34. The standard InChI is InChI=1S/C28H45N3O6/c1-19(23(12-13-24(29)32)30-26(34)37-28(5,6)7)35-18-20-8-10-22(11-9-20)31-16-14-21(15-17-31)25(33)36-27(2,3)4/h8-11,19,21,23H,12-18H2,1-7H3,(H2,29,32)(H,30,34)/t19-,23+/m1/s1. The zero-order valence-electron chi connectivity index (χ0n) is 23.5. The smallest absolute Gasteiger partial charge is 0.407 e. The van der Waals surface area contributed by atoms with Gasteiger partial charge in [0.2, 0.25) is 5.91 Å². The summed E-state index contributed by atoms with van der Waals surface area (Å²) in [5, 5.41) is 2.81. The highest BCUT2D eigenvalue weighted by Crippen LogP contribution is 2.26. The molecule has 0 radical (unpaired) electrons. The van der Waals surface area contributed by atoms with Gasteiger partial charge in [-0.15, -0.1) is 0 Å². The Morgan fingerprint density at radius 2 is 1.57 bits per heavy atom. The van der Waals surface area contributed by atoms with Crippen molar-refractivity contribution in [1.82, 2.24) is 5.32 Å². The highest BCUT2D eigenvalue weighted by atomic mass is 16.6. The maximum absolute atomic E-state index is 12.4. The maximum atomic E-state index is 12.4. The normalized spacial score (nSPS) is 16.6. The molecule has 1 aromatic carbocycles. The largest absolute Gasteiger partial charge is 0.460 e. The average molecular weight is 520 g/mol. The molecular formula is C28H45N3O6. The van der Waals surface area contributed by atoms with Crippen molar-refractivity contribution in [3.63, 3.8) is 0 Å². The van der Waals surface area contributed by atoms with Crippen molar-refractivity contribution >= 4 is 23.7 Å². The van der Waals surface area contributed by atoms with Gasteiger partial charge in [-0.25, -0.2) is 4.79 Å². The molecule has 0 bridgehead atoms. The van der Waals surface area contributed by atoms with E-state index in [1.807, 2.05) is 39.8 Å². The summed E-state index contributed by atoms with van der Waals surface area (Å²) in [4.78, 5) is 38.2. The zero-order valence-corrected chi connectivity index (χ0v) is 23.5. The number of carbonyl (C=O) groups excluding carboxylic acids is 3. The predicted octanol–water partition coefficient (Wildman–Crippen LogP) is 4.31. The second-order valence-electron chi connectivity index (χ2n) is 11.7. The molecule has 37 heavy (non-hydrogen) atoms. The number of primary amides is 1. The van der Waals surface area contributed by atoms with Crippen LogP contribution in [-0.2, 0) is 30.4 Å². The molecule has 2 rings (SSSR count). The summed E-state index contributed by atoms with van der Waals surface area (Å²) in [5.41, 5.74) is 6.31. The molecule has 0 unspecified atom stereocenters. The van der Waals surface area contributed by atoms with E-state index in [-0.39, 0.29) is 24.4 Å². The number of hydrogen-bond donors (Lipinski definition) is 2. The minimum atomic E-state index is -0.630. The fraction of sp³-hybridized carbons (Fsp3) is 0.679. The molecule has 0 saturated carbocycles. The van der Waals surface area contributed by atoms with Gasteiger partial charge in [-0.1, -0.05) is 12.1 Å². The average Bonchev–Trinajstić information content (AvgIpc) is 2.78. The van der Waals surface area contributed by atoms with Gasteiger partial charge in [0.25, 0.3) is 0 Å². The topological polar surface area (TPSA) is 120 Å². The quantitative estimate of drug-likeness (QED) is 0.442. The van der Waals surface area contributed by atoms with Crippen LogP contribution in [0.15, 0.2) is 24.3 Å².